The topological polar surface area (TPSA) is 143 Å². The quantitative estimate of drug-likeness (QED) is 0.295. The van der Waals surface area contributed by atoms with Gasteiger partial charge in [-0.25, -0.2) is 4.79 Å². The molecule has 1 unspecified atom stereocenters. The summed E-state index contributed by atoms with van der Waals surface area (Å²) in [4.78, 5) is 26.4. The van der Waals surface area contributed by atoms with Gasteiger partial charge in [0.15, 0.2) is 0 Å². The first kappa shape index (κ1) is 17.0. The molecular weight excluding hydrogens is 284 g/mol. The highest BCUT2D eigenvalue weighted by atomic mass is 17.1. The molecule has 9 heteroatoms. The number of carboxylic acids is 1. The lowest BCUT2D eigenvalue weighted by molar-refractivity contribution is -0.492. The van der Waals surface area contributed by atoms with Crippen molar-refractivity contribution in [2.75, 3.05) is 6.61 Å². The Balaban J connectivity index is 2.55. The van der Waals surface area contributed by atoms with Crippen LogP contribution in [0, 0.1) is 0 Å². The first-order valence-electron chi connectivity index (χ1n) is 5.97. The molecular formula is C12H16N2O7. The summed E-state index contributed by atoms with van der Waals surface area (Å²) in [5, 5.41) is 24.9. The first-order chi connectivity index (χ1) is 9.88. The van der Waals surface area contributed by atoms with Gasteiger partial charge in [0.25, 0.3) is 0 Å². The van der Waals surface area contributed by atoms with Crippen LogP contribution in [0.25, 0.3) is 0 Å². The van der Waals surface area contributed by atoms with Crippen molar-refractivity contribution in [3.05, 3.63) is 29.8 Å². The van der Waals surface area contributed by atoms with Gasteiger partial charge in [0.05, 0.1) is 18.4 Å². The fraction of sp³-hybridized carbons (Fsp3) is 0.333. The highest BCUT2D eigenvalue weighted by Gasteiger charge is 2.19. The van der Waals surface area contributed by atoms with Gasteiger partial charge in [-0.15, -0.1) is 0 Å². The average Bonchev–Trinajstić information content (AvgIpc) is 2.37. The zero-order valence-corrected chi connectivity index (χ0v) is 11.0. The van der Waals surface area contributed by atoms with Gasteiger partial charge in [0.1, 0.15) is 11.8 Å². The van der Waals surface area contributed by atoms with Crippen LogP contribution in [0.5, 0.6) is 5.75 Å². The summed E-state index contributed by atoms with van der Waals surface area (Å²) in [5.74, 6) is -1.83. The van der Waals surface area contributed by atoms with Gasteiger partial charge in [0.2, 0.25) is 0 Å². The zero-order valence-electron chi connectivity index (χ0n) is 11.0. The number of carbonyl (C=O) groups is 2. The summed E-state index contributed by atoms with van der Waals surface area (Å²) >= 11 is 0. The maximum atomic E-state index is 11.6. The fourth-order valence-corrected chi connectivity index (χ4v) is 1.47. The van der Waals surface area contributed by atoms with Gasteiger partial charge in [0, 0.05) is 0 Å². The van der Waals surface area contributed by atoms with E-state index in [0.717, 1.165) is 0 Å². The SMILES string of the molecule is NC(CC(=O)O)C(=O)Oc1cccc(CCON(O)O)c1. The van der Waals surface area contributed by atoms with Crippen molar-refractivity contribution in [2.24, 2.45) is 5.73 Å². The van der Waals surface area contributed by atoms with E-state index in [9.17, 15) is 9.59 Å². The molecule has 0 aliphatic rings. The largest absolute Gasteiger partial charge is 0.481 e. The third kappa shape index (κ3) is 6.79. The van der Waals surface area contributed by atoms with Crippen LogP contribution >= 0.6 is 0 Å². The number of hydrogen-bond donors (Lipinski definition) is 4. The number of carboxylic acid groups (broad SMARTS) is 1. The van der Waals surface area contributed by atoms with Gasteiger partial charge >= 0.3 is 11.9 Å². The molecule has 0 spiro atoms. The maximum Gasteiger partial charge on any atom is 0.328 e. The fourth-order valence-electron chi connectivity index (χ4n) is 1.47. The van der Waals surface area contributed by atoms with E-state index >= 15 is 0 Å². The van der Waals surface area contributed by atoms with Crippen molar-refractivity contribution >= 4 is 11.9 Å². The molecule has 1 aromatic carbocycles. The molecule has 9 nitrogen and oxygen atoms in total. The minimum atomic E-state index is -1.24. The van der Waals surface area contributed by atoms with Crippen LogP contribution in [0.3, 0.4) is 0 Å². The van der Waals surface area contributed by atoms with E-state index in [4.69, 9.17) is 26.0 Å². The van der Waals surface area contributed by atoms with Crippen molar-refractivity contribution in [3.8, 4) is 5.75 Å². The predicted octanol–water partition coefficient (Wildman–Crippen LogP) is -0.0515. The van der Waals surface area contributed by atoms with Gasteiger partial charge in [-0.1, -0.05) is 12.1 Å². The number of nitrogens with zero attached hydrogens (tertiary/aromatic N) is 1. The molecule has 5 N–H and O–H groups in total. The summed E-state index contributed by atoms with van der Waals surface area (Å²) in [6.07, 6.45) is -0.181. The van der Waals surface area contributed by atoms with E-state index < -0.39 is 29.8 Å². The van der Waals surface area contributed by atoms with Crippen molar-refractivity contribution in [1.82, 2.24) is 5.39 Å². The van der Waals surface area contributed by atoms with E-state index in [1.165, 1.54) is 12.1 Å². The van der Waals surface area contributed by atoms with Crippen LogP contribution in [-0.2, 0) is 20.8 Å². The van der Waals surface area contributed by atoms with Gasteiger partial charge in [-0.3, -0.25) is 20.0 Å². The van der Waals surface area contributed by atoms with Crippen LogP contribution in [0.2, 0.25) is 0 Å². The summed E-state index contributed by atoms with van der Waals surface area (Å²) in [6.45, 7) is 0.00290. The second-order valence-corrected chi connectivity index (χ2v) is 4.11. The average molecular weight is 300 g/mol. The molecule has 1 aromatic rings. The molecule has 0 aliphatic carbocycles. The number of aliphatic carboxylic acids is 1. The van der Waals surface area contributed by atoms with Crippen LogP contribution in [-0.4, -0.2) is 45.5 Å². The summed E-state index contributed by atoms with van der Waals surface area (Å²) in [6, 6.07) is 5.15. The van der Waals surface area contributed by atoms with Crippen molar-refractivity contribution in [2.45, 2.75) is 18.9 Å². The normalized spacial score (nSPS) is 12.2. The summed E-state index contributed by atoms with van der Waals surface area (Å²) < 4.78 is 4.97. The molecule has 0 heterocycles. The molecule has 21 heavy (non-hydrogen) atoms. The van der Waals surface area contributed by atoms with Gasteiger partial charge in [-0.05, 0) is 24.1 Å². The zero-order chi connectivity index (χ0) is 15.8. The standard InChI is InChI=1S/C12H16N2O7/c13-10(7-11(15)16)12(17)21-9-3-1-2-8(6-9)4-5-20-14(18)19/h1-3,6,10,18-19H,4-5,7,13H2,(H,15,16). The number of esters is 1. The summed E-state index contributed by atoms with van der Waals surface area (Å²) in [7, 11) is 0. The van der Waals surface area contributed by atoms with Gasteiger partial charge < -0.3 is 15.6 Å². The number of nitrogens with two attached hydrogens (primary N) is 1. The Hall–Kier alpha value is -2.04. The van der Waals surface area contributed by atoms with Gasteiger partial charge in [-0.2, -0.15) is 0 Å². The Morgan fingerprint density at radius 1 is 1.33 bits per heavy atom. The molecule has 0 saturated heterocycles. The smallest absolute Gasteiger partial charge is 0.328 e. The second kappa shape index (κ2) is 8.29. The highest BCUT2D eigenvalue weighted by Crippen LogP contribution is 2.15. The molecule has 0 aromatic heterocycles. The number of rotatable bonds is 8. The van der Waals surface area contributed by atoms with Crippen molar-refractivity contribution < 1.29 is 34.7 Å². The Labute approximate surface area is 120 Å². The van der Waals surface area contributed by atoms with Crippen LogP contribution < -0.4 is 10.5 Å². The minimum absolute atomic E-state index is 0.00290. The minimum Gasteiger partial charge on any atom is -0.481 e. The number of ether oxygens (including phenoxy) is 1. The lowest BCUT2D eigenvalue weighted by Gasteiger charge is -2.10. The molecule has 116 valence electrons. The molecule has 0 amide bonds. The van der Waals surface area contributed by atoms with E-state index in [2.05, 4.69) is 4.84 Å². The van der Waals surface area contributed by atoms with E-state index in [1.807, 2.05) is 0 Å². The Morgan fingerprint density at radius 2 is 2.05 bits per heavy atom. The maximum absolute atomic E-state index is 11.6. The van der Waals surface area contributed by atoms with Crippen LogP contribution in [0.1, 0.15) is 12.0 Å². The third-order valence-electron chi connectivity index (χ3n) is 2.41. The Morgan fingerprint density at radius 3 is 2.67 bits per heavy atom. The van der Waals surface area contributed by atoms with E-state index in [0.29, 0.717) is 12.0 Å². The first-order valence-corrected chi connectivity index (χ1v) is 5.97. The molecule has 0 saturated carbocycles. The number of benzene rings is 1. The molecule has 0 aliphatic heterocycles. The molecule has 0 bridgehead atoms. The Kier molecular flexibility index (Phi) is 6.72. The molecule has 1 rings (SSSR count). The molecule has 0 fully saturated rings. The van der Waals surface area contributed by atoms with E-state index in [1.54, 1.807) is 12.1 Å². The van der Waals surface area contributed by atoms with Crippen LogP contribution in [0.4, 0.5) is 0 Å². The third-order valence-corrected chi connectivity index (χ3v) is 2.41. The van der Waals surface area contributed by atoms with E-state index in [-0.39, 0.29) is 12.4 Å². The monoisotopic (exact) mass is 300 g/mol. The highest BCUT2D eigenvalue weighted by molar-refractivity contribution is 5.83. The lowest BCUT2D eigenvalue weighted by Crippen LogP contribution is -2.36. The number of carbonyl (C=O) groups excluding carboxylic acids is 1. The lowest BCUT2D eigenvalue weighted by atomic mass is 10.1. The van der Waals surface area contributed by atoms with Crippen molar-refractivity contribution in [3.63, 3.8) is 0 Å². The molecule has 1 atom stereocenters. The van der Waals surface area contributed by atoms with Crippen LogP contribution in [0.15, 0.2) is 24.3 Å². The Bertz CT molecular complexity index is 492. The van der Waals surface area contributed by atoms with Crippen molar-refractivity contribution in [1.29, 1.82) is 0 Å². The second-order valence-electron chi connectivity index (χ2n) is 4.11. The summed E-state index contributed by atoms with van der Waals surface area (Å²) in [5.41, 5.74) is 6.10. The number of hydrogen-bond acceptors (Lipinski definition) is 8. The molecule has 0 radical (unpaired) electrons. The predicted molar refractivity (Wildman–Crippen MR) is 67.4 cm³/mol.